The van der Waals surface area contributed by atoms with E-state index in [1.54, 1.807) is 0 Å². The number of nitrogens with one attached hydrogen (secondary N) is 1. The van der Waals surface area contributed by atoms with Crippen LogP contribution in [0.5, 0.6) is 0 Å². The van der Waals surface area contributed by atoms with Crippen LogP contribution in [0.2, 0.25) is 0 Å². The molecule has 1 aliphatic heterocycles. The Morgan fingerprint density at radius 3 is 3.00 bits per heavy atom. The van der Waals surface area contributed by atoms with E-state index in [1.165, 1.54) is 11.3 Å². The first-order chi connectivity index (χ1) is 5.79. The maximum atomic E-state index is 5.82. The van der Waals surface area contributed by atoms with E-state index in [2.05, 4.69) is 24.4 Å². The Morgan fingerprint density at radius 2 is 2.25 bits per heavy atom. The number of fused-ring (bicyclic) bond motifs is 1. The van der Waals surface area contributed by atoms with Crippen LogP contribution in [0.15, 0.2) is 18.2 Å². The first-order valence-electron chi connectivity index (χ1n) is 4.08. The van der Waals surface area contributed by atoms with Crippen molar-refractivity contribution in [3.63, 3.8) is 0 Å². The lowest BCUT2D eigenvalue weighted by molar-refractivity contribution is 1.28. The van der Waals surface area contributed by atoms with Crippen LogP contribution in [0.3, 0.4) is 0 Å². The van der Waals surface area contributed by atoms with Gasteiger partial charge in [-0.2, -0.15) is 0 Å². The first kappa shape index (κ1) is 7.22. The van der Waals surface area contributed by atoms with Crippen molar-refractivity contribution in [3.8, 4) is 0 Å². The van der Waals surface area contributed by atoms with Crippen molar-refractivity contribution in [1.82, 2.24) is 0 Å². The van der Waals surface area contributed by atoms with Crippen molar-refractivity contribution in [3.05, 3.63) is 29.3 Å². The van der Waals surface area contributed by atoms with Gasteiger partial charge in [0, 0.05) is 23.5 Å². The predicted octanol–water partition coefficient (Wildman–Crippen LogP) is 2.02. The van der Waals surface area contributed by atoms with Crippen LogP contribution in [0, 0.1) is 6.92 Å². The second-order valence-corrected chi connectivity index (χ2v) is 3.04. The minimum Gasteiger partial charge on any atom is -0.398 e. The molecule has 1 aromatic carbocycles. The molecule has 2 rings (SSSR count). The van der Waals surface area contributed by atoms with E-state index in [-0.39, 0.29) is 0 Å². The topological polar surface area (TPSA) is 38.0 Å². The van der Waals surface area contributed by atoms with Gasteiger partial charge in [-0.25, -0.2) is 0 Å². The van der Waals surface area contributed by atoms with Crippen LogP contribution in [0.25, 0.3) is 6.08 Å². The molecule has 3 N–H and O–H groups in total. The van der Waals surface area contributed by atoms with Crippen molar-refractivity contribution in [2.45, 2.75) is 6.92 Å². The summed E-state index contributed by atoms with van der Waals surface area (Å²) in [5, 5.41) is 3.30. The molecule has 0 aromatic heterocycles. The summed E-state index contributed by atoms with van der Waals surface area (Å²) in [5.41, 5.74) is 10.2. The van der Waals surface area contributed by atoms with Gasteiger partial charge in [0.15, 0.2) is 0 Å². The molecule has 0 radical (unpaired) electrons. The molecular formula is C10H12N2. The summed E-state index contributed by atoms with van der Waals surface area (Å²) in [5.74, 6) is 0. The molecule has 0 bridgehead atoms. The monoisotopic (exact) mass is 160 g/mol. The maximum Gasteiger partial charge on any atom is 0.0466 e. The third kappa shape index (κ3) is 0.961. The lowest BCUT2D eigenvalue weighted by atomic mass is 10.0. The Labute approximate surface area is 72.1 Å². The molecule has 0 aliphatic carbocycles. The van der Waals surface area contributed by atoms with Crippen LogP contribution in [-0.4, -0.2) is 6.54 Å². The lowest BCUT2D eigenvalue weighted by Gasteiger charge is -2.17. The average Bonchev–Trinajstić information content (AvgIpc) is 2.12. The molecule has 0 saturated heterocycles. The summed E-state index contributed by atoms with van der Waals surface area (Å²) < 4.78 is 0. The summed E-state index contributed by atoms with van der Waals surface area (Å²) in [6.07, 6.45) is 4.16. The van der Waals surface area contributed by atoms with Gasteiger partial charge in [0.1, 0.15) is 0 Å². The van der Waals surface area contributed by atoms with E-state index in [9.17, 15) is 0 Å². The minimum atomic E-state index is 0.846. The molecule has 12 heavy (non-hydrogen) atoms. The number of nitrogen functional groups attached to an aromatic ring is 1. The molecule has 0 fully saturated rings. The zero-order valence-electron chi connectivity index (χ0n) is 7.09. The molecule has 62 valence electrons. The van der Waals surface area contributed by atoms with Gasteiger partial charge in [-0.15, -0.1) is 0 Å². The van der Waals surface area contributed by atoms with Gasteiger partial charge in [0.05, 0.1) is 0 Å². The normalized spacial score (nSPS) is 13.8. The third-order valence-electron chi connectivity index (χ3n) is 2.17. The maximum absolute atomic E-state index is 5.82. The molecule has 0 saturated carbocycles. The van der Waals surface area contributed by atoms with Gasteiger partial charge in [0.25, 0.3) is 0 Å². The largest absolute Gasteiger partial charge is 0.398 e. The molecule has 1 aliphatic rings. The zero-order chi connectivity index (χ0) is 8.55. The van der Waals surface area contributed by atoms with Crippen LogP contribution in [0.1, 0.15) is 11.1 Å². The number of aryl methyl sites for hydroxylation is 1. The highest BCUT2D eigenvalue weighted by molar-refractivity contribution is 5.81. The summed E-state index contributed by atoms with van der Waals surface area (Å²) in [6, 6.07) is 3.99. The van der Waals surface area contributed by atoms with Crippen molar-refractivity contribution in [1.29, 1.82) is 0 Å². The molecule has 2 heteroatoms. The van der Waals surface area contributed by atoms with Crippen molar-refractivity contribution in [2.75, 3.05) is 17.6 Å². The van der Waals surface area contributed by atoms with Crippen molar-refractivity contribution in [2.24, 2.45) is 0 Å². The van der Waals surface area contributed by atoms with E-state index in [0.717, 1.165) is 17.8 Å². The summed E-state index contributed by atoms with van der Waals surface area (Å²) >= 11 is 0. The van der Waals surface area contributed by atoms with Gasteiger partial charge in [-0.3, -0.25) is 0 Å². The van der Waals surface area contributed by atoms with Crippen molar-refractivity contribution < 1.29 is 0 Å². The highest BCUT2D eigenvalue weighted by Gasteiger charge is 2.08. The SMILES string of the molecule is Cc1ccc(N)c2c1NCC=C2. The molecule has 0 amide bonds. The van der Waals surface area contributed by atoms with E-state index in [4.69, 9.17) is 5.73 Å². The standard InChI is InChI=1S/C10H12N2/c1-7-4-5-9(11)8-3-2-6-12-10(7)8/h2-5,12H,6,11H2,1H3. The fraction of sp³-hybridized carbons (Fsp3) is 0.200. The fourth-order valence-electron chi connectivity index (χ4n) is 1.50. The highest BCUT2D eigenvalue weighted by Crippen LogP contribution is 2.29. The number of rotatable bonds is 0. The van der Waals surface area contributed by atoms with E-state index in [1.807, 2.05) is 12.1 Å². The Morgan fingerprint density at radius 1 is 1.42 bits per heavy atom. The molecule has 0 unspecified atom stereocenters. The van der Waals surface area contributed by atoms with E-state index < -0.39 is 0 Å². The highest BCUT2D eigenvalue weighted by atomic mass is 14.9. The molecule has 0 atom stereocenters. The second-order valence-electron chi connectivity index (χ2n) is 3.04. The molecular weight excluding hydrogens is 148 g/mol. The van der Waals surface area contributed by atoms with Crippen LogP contribution in [0.4, 0.5) is 11.4 Å². The smallest absolute Gasteiger partial charge is 0.0466 e. The van der Waals surface area contributed by atoms with Gasteiger partial charge in [0.2, 0.25) is 0 Å². The van der Waals surface area contributed by atoms with Gasteiger partial charge >= 0.3 is 0 Å². The average molecular weight is 160 g/mol. The summed E-state index contributed by atoms with van der Waals surface area (Å²) in [6.45, 7) is 2.99. The zero-order valence-corrected chi connectivity index (χ0v) is 7.09. The number of hydrogen-bond acceptors (Lipinski definition) is 2. The lowest BCUT2D eigenvalue weighted by Crippen LogP contribution is -2.07. The second kappa shape index (κ2) is 2.55. The molecule has 1 heterocycles. The first-order valence-corrected chi connectivity index (χ1v) is 4.08. The molecule has 0 spiro atoms. The van der Waals surface area contributed by atoms with Crippen LogP contribution >= 0.6 is 0 Å². The Bertz CT molecular complexity index is 340. The Kier molecular flexibility index (Phi) is 1.54. The summed E-state index contributed by atoms with van der Waals surface area (Å²) in [7, 11) is 0. The van der Waals surface area contributed by atoms with Crippen LogP contribution in [-0.2, 0) is 0 Å². The third-order valence-corrected chi connectivity index (χ3v) is 2.17. The van der Waals surface area contributed by atoms with Crippen molar-refractivity contribution >= 4 is 17.5 Å². The molecule has 1 aromatic rings. The summed E-state index contributed by atoms with van der Waals surface area (Å²) in [4.78, 5) is 0. The van der Waals surface area contributed by atoms with Crippen LogP contribution < -0.4 is 11.1 Å². The fourth-order valence-corrected chi connectivity index (χ4v) is 1.50. The van der Waals surface area contributed by atoms with Gasteiger partial charge in [-0.05, 0) is 18.6 Å². The Balaban J connectivity index is 2.67. The molecule has 2 nitrogen and oxygen atoms in total. The quantitative estimate of drug-likeness (QED) is 0.570. The number of anilines is 2. The minimum absolute atomic E-state index is 0.846. The van der Waals surface area contributed by atoms with E-state index >= 15 is 0 Å². The predicted molar refractivity (Wildman–Crippen MR) is 53.1 cm³/mol. The number of nitrogens with two attached hydrogens (primary N) is 1. The van der Waals surface area contributed by atoms with Gasteiger partial charge < -0.3 is 11.1 Å². The number of hydrogen-bond donors (Lipinski definition) is 2. The van der Waals surface area contributed by atoms with E-state index in [0.29, 0.717) is 0 Å². The number of benzene rings is 1. The van der Waals surface area contributed by atoms with Gasteiger partial charge in [-0.1, -0.05) is 18.2 Å². The Hall–Kier alpha value is -1.44.